The molecule has 0 amide bonds. The van der Waals surface area contributed by atoms with Crippen molar-refractivity contribution < 1.29 is 9.13 Å². The second-order valence-electron chi connectivity index (χ2n) is 7.65. The van der Waals surface area contributed by atoms with Gasteiger partial charge in [-0.2, -0.15) is 0 Å². The van der Waals surface area contributed by atoms with Gasteiger partial charge in [-0.05, 0) is 59.3 Å². The highest BCUT2D eigenvalue weighted by Gasteiger charge is 2.25. The molecule has 1 unspecified atom stereocenters. The Morgan fingerprint density at radius 2 is 2.11 bits per heavy atom. The van der Waals surface area contributed by atoms with Crippen molar-refractivity contribution in [2.24, 2.45) is 5.92 Å². The Labute approximate surface area is 170 Å². The SMILES string of the molecule is FC1CCN(Cc2cccnc2Oc2ccc3c(nnn3CC3CC3)c2Br)C1. The number of benzene rings is 1. The molecule has 1 aliphatic heterocycles. The van der Waals surface area contributed by atoms with Crippen molar-refractivity contribution in [2.45, 2.75) is 38.5 Å². The van der Waals surface area contributed by atoms with E-state index in [0.29, 0.717) is 31.1 Å². The number of hydrogen-bond donors (Lipinski definition) is 0. The highest BCUT2D eigenvalue weighted by molar-refractivity contribution is 9.10. The van der Waals surface area contributed by atoms with Crippen molar-refractivity contribution in [3.63, 3.8) is 0 Å². The molecule has 1 saturated heterocycles. The van der Waals surface area contributed by atoms with Gasteiger partial charge in [-0.3, -0.25) is 4.90 Å². The monoisotopic (exact) mass is 445 g/mol. The predicted octanol–water partition coefficient (Wildman–Crippen LogP) is 4.33. The number of rotatable bonds is 6. The summed E-state index contributed by atoms with van der Waals surface area (Å²) in [6.07, 6.45) is 4.10. The third kappa shape index (κ3) is 3.63. The molecule has 0 N–H and O–H groups in total. The first-order chi connectivity index (χ1) is 13.7. The molecule has 5 rings (SSSR count). The maximum atomic E-state index is 13.5. The molecule has 0 bridgehead atoms. The smallest absolute Gasteiger partial charge is 0.223 e. The first kappa shape index (κ1) is 18.0. The summed E-state index contributed by atoms with van der Waals surface area (Å²) in [5, 5.41) is 8.63. The van der Waals surface area contributed by atoms with Crippen LogP contribution in [0.4, 0.5) is 4.39 Å². The summed E-state index contributed by atoms with van der Waals surface area (Å²) in [7, 11) is 0. The van der Waals surface area contributed by atoms with E-state index in [2.05, 4.69) is 36.1 Å². The lowest BCUT2D eigenvalue weighted by Crippen LogP contribution is -2.20. The largest absolute Gasteiger partial charge is 0.437 e. The highest BCUT2D eigenvalue weighted by Crippen LogP contribution is 2.37. The molecule has 1 atom stereocenters. The second-order valence-corrected chi connectivity index (χ2v) is 8.44. The Morgan fingerprint density at radius 3 is 2.89 bits per heavy atom. The molecule has 0 radical (unpaired) electrons. The summed E-state index contributed by atoms with van der Waals surface area (Å²) < 4.78 is 22.4. The van der Waals surface area contributed by atoms with E-state index < -0.39 is 6.17 Å². The summed E-state index contributed by atoms with van der Waals surface area (Å²) in [5.41, 5.74) is 2.73. The number of halogens is 2. The average Bonchev–Trinajstić information content (AvgIpc) is 3.27. The highest BCUT2D eigenvalue weighted by atomic mass is 79.9. The zero-order valence-corrected chi connectivity index (χ0v) is 17.0. The average molecular weight is 446 g/mol. The molecule has 2 aliphatic rings. The van der Waals surface area contributed by atoms with Gasteiger partial charge in [0.25, 0.3) is 0 Å². The lowest BCUT2D eigenvalue weighted by Gasteiger charge is -2.17. The zero-order valence-electron chi connectivity index (χ0n) is 15.4. The molecule has 146 valence electrons. The zero-order chi connectivity index (χ0) is 19.1. The van der Waals surface area contributed by atoms with Crippen LogP contribution < -0.4 is 4.74 Å². The number of nitrogens with zero attached hydrogens (tertiary/aromatic N) is 5. The van der Waals surface area contributed by atoms with Crippen LogP contribution in [-0.4, -0.2) is 44.1 Å². The van der Waals surface area contributed by atoms with Crippen LogP contribution in [0.1, 0.15) is 24.8 Å². The Morgan fingerprint density at radius 1 is 1.21 bits per heavy atom. The molecule has 2 fully saturated rings. The molecule has 8 heteroatoms. The van der Waals surface area contributed by atoms with Gasteiger partial charge in [0.2, 0.25) is 5.88 Å². The van der Waals surface area contributed by atoms with Crippen molar-refractivity contribution >= 4 is 27.0 Å². The quantitative estimate of drug-likeness (QED) is 0.564. The van der Waals surface area contributed by atoms with Gasteiger partial charge in [0.1, 0.15) is 17.4 Å². The molecule has 0 spiro atoms. The first-order valence-electron chi connectivity index (χ1n) is 9.67. The maximum absolute atomic E-state index is 13.5. The van der Waals surface area contributed by atoms with Crippen LogP contribution >= 0.6 is 15.9 Å². The van der Waals surface area contributed by atoms with Crippen molar-refractivity contribution in [3.8, 4) is 11.6 Å². The van der Waals surface area contributed by atoms with E-state index in [1.54, 1.807) is 6.20 Å². The molecular weight excluding hydrogens is 425 g/mol. The van der Waals surface area contributed by atoms with Crippen LogP contribution in [0, 0.1) is 5.92 Å². The van der Waals surface area contributed by atoms with E-state index >= 15 is 0 Å². The minimum Gasteiger partial charge on any atom is -0.437 e. The fourth-order valence-electron chi connectivity index (χ4n) is 3.66. The minimum absolute atomic E-state index is 0.466. The van der Waals surface area contributed by atoms with Gasteiger partial charge in [-0.1, -0.05) is 11.3 Å². The van der Waals surface area contributed by atoms with E-state index in [1.165, 1.54) is 12.8 Å². The Hall–Kier alpha value is -2.06. The lowest BCUT2D eigenvalue weighted by molar-refractivity contribution is 0.279. The third-order valence-corrected chi connectivity index (χ3v) is 6.15. The molecule has 2 aromatic heterocycles. The molecule has 3 heterocycles. The number of ether oxygens (including phenoxy) is 1. The summed E-state index contributed by atoms with van der Waals surface area (Å²) in [6, 6.07) is 7.78. The van der Waals surface area contributed by atoms with Gasteiger partial charge in [-0.25, -0.2) is 14.1 Å². The van der Waals surface area contributed by atoms with Crippen LogP contribution in [0.25, 0.3) is 11.0 Å². The topological polar surface area (TPSA) is 56.1 Å². The lowest BCUT2D eigenvalue weighted by atomic mass is 10.2. The van der Waals surface area contributed by atoms with Crippen molar-refractivity contribution in [2.75, 3.05) is 13.1 Å². The molecule has 1 aliphatic carbocycles. The van der Waals surface area contributed by atoms with Crippen molar-refractivity contribution in [1.82, 2.24) is 24.9 Å². The summed E-state index contributed by atoms with van der Waals surface area (Å²) in [4.78, 5) is 6.50. The van der Waals surface area contributed by atoms with Gasteiger partial charge in [-0.15, -0.1) is 5.10 Å². The number of pyridine rings is 1. The maximum Gasteiger partial charge on any atom is 0.223 e. The molecule has 1 aromatic carbocycles. The number of alkyl halides is 1. The summed E-state index contributed by atoms with van der Waals surface area (Å²) in [6.45, 7) is 2.77. The first-order valence-corrected chi connectivity index (χ1v) is 10.5. The summed E-state index contributed by atoms with van der Waals surface area (Å²) in [5.74, 6) is 1.91. The van der Waals surface area contributed by atoms with Gasteiger partial charge in [0, 0.05) is 37.9 Å². The number of fused-ring (bicyclic) bond motifs is 1. The molecular formula is C20H21BrFN5O. The van der Waals surface area contributed by atoms with Crippen molar-refractivity contribution in [3.05, 3.63) is 40.5 Å². The van der Waals surface area contributed by atoms with Crippen LogP contribution in [0.5, 0.6) is 11.6 Å². The fourth-order valence-corrected chi connectivity index (χ4v) is 4.15. The van der Waals surface area contributed by atoms with Crippen LogP contribution in [-0.2, 0) is 13.1 Å². The van der Waals surface area contributed by atoms with Crippen LogP contribution in [0.15, 0.2) is 34.9 Å². The number of aromatic nitrogens is 4. The predicted molar refractivity (Wildman–Crippen MR) is 107 cm³/mol. The molecule has 3 aromatic rings. The Kier molecular flexibility index (Phi) is 4.76. The second kappa shape index (κ2) is 7.40. The minimum atomic E-state index is -0.740. The number of likely N-dealkylation sites (tertiary alicyclic amines) is 1. The standard InChI is InChI=1S/C20H21BrFN5O/c21-18-17(6-5-16-19(18)24-25-27(16)10-13-3-4-13)28-20-14(2-1-8-23-20)11-26-9-7-15(22)12-26/h1-2,5-6,8,13,15H,3-4,7,9-12H2. The fraction of sp³-hybridized carbons (Fsp3) is 0.450. The van der Waals surface area contributed by atoms with Gasteiger partial charge >= 0.3 is 0 Å². The van der Waals surface area contributed by atoms with Crippen molar-refractivity contribution in [1.29, 1.82) is 0 Å². The molecule has 28 heavy (non-hydrogen) atoms. The van der Waals surface area contributed by atoms with Gasteiger partial charge in [0.05, 0.1) is 9.99 Å². The Balaban J connectivity index is 1.40. The summed E-state index contributed by atoms with van der Waals surface area (Å²) >= 11 is 3.63. The Bertz CT molecular complexity index is 1010. The normalized spacial score (nSPS) is 20.1. The van der Waals surface area contributed by atoms with Gasteiger partial charge in [0.15, 0.2) is 0 Å². The molecule has 6 nitrogen and oxygen atoms in total. The van der Waals surface area contributed by atoms with E-state index in [4.69, 9.17) is 4.74 Å². The van der Waals surface area contributed by atoms with E-state index in [1.807, 2.05) is 28.9 Å². The number of hydrogen-bond acceptors (Lipinski definition) is 5. The van der Waals surface area contributed by atoms with Crippen LogP contribution in [0.3, 0.4) is 0 Å². The van der Waals surface area contributed by atoms with Crippen LogP contribution in [0.2, 0.25) is 0 Å². The van der Waals surface area contributed by atoms with E-state index in [-0.39, 0.29) is 0 Å². The van der Waals surface area contributed by atoms with E-state index in [0.717, 1.165) is 40.1 Å². The van der Waals surface area contributed by atoms with Gasteiger partial charge < -0.3 is 4.74 Å². The van der Waals surface area contributed by atoms with E-state index in [9.17, 15) is 4.39 Å². The molecule has 1 saturated carbocycles. The third-order valence-electron chi connectivity index (χ3n) is 5.38.